The van der Waals surface area contributed by atoms with Crippen LogP contribution in [0.15, 0.2) is 64.5 Å². The number of aryl methyl sites for hydroxylation is 1. The van der Waals surface area contributed by atoms with Gasteiger partial charge in [0.1, 0.15) is 0 Å². The lowest BCUT2D eigenvalue weighted by Gasteiger charge is -2.21. The Kier molecular flexibility index (Phi) is 7.87. The molecule has 1 aliphatic heterocycles. The van der Waals surface area contributed by atoms with E-state index in [9.17, 15) is 4.79 Å². The van der Waals surface area contributed by atoms with Gasteiger partial charge in [-0.3, -0.25) is 14.7 Å². The quantitative estimate of drug-likeness (QED) is 0.409. The smallest absolute Gasteiger partial charge is 0.250 e. The third-order valence-corrected chi connectivity index (χ3v) is 5.51. The topological polar surface area (TPSA) is 61.7 Å². The van der Waals surface area contributed by atoms with Crippen molar-refractivity contribution in [1.29, 1.82) is 0 Å². The van der Waals surface area contributed by atoms with Crippen LogP contribution in [0, 0.1) is 0 Å². The molecule has 0 radical (unpaired) electrons. The molecule has 6 nitrogen and oxygen atoms in total. The molecular weight excluding hydrogens is 362 g/mol. The number of unbranched alkanes of at least 4 members (excludes halogenated alkanes) is 1. The molecule has 2 aromatic rings. The zero-order chi connectivity index (χ0) is 20.5. The van der Waals surface area contributed by atoms with Crippen molar-refractivity contribution < 1.29 is 0 Å². The third kappa shape index (κ3) is 6.46. The van der Waals surface area contributed by atoms with Crippen LogP contribution in [0.2, 0.25) is 0 Å². The van der Waals surface area contributed by atoms with Gasteiger partial charge >= 0.3 is 0 Å². The van der Waals surface area contributed by atoms with Gasteiger partial charge in [0.05, 0.1) is 0 Å². The second-order valence-electron chi connectivity index (χ2n) is 7.78. The van der Waals surface area contributed by atoms with E-state index in [1.807, 2.05) is 19.3 Å². The summed E-state index contributed by atoms with van der Waals surface area (Å²) in [5.41, 5.74) is 1.42. The van der Waals surface area contributed by atoms with Gasteiger partial charge < -0.3 is 15.2 Å². The van der Waals surface area contributed by atoms with Crippen molar-refractivity contribution in [1.82, 2.24) is 20.1 Å². The standard InChI is InChI=1S/C23H33N5O/c1-19-16-21(18-28(19)17-20-10-4-3-5-11-20)26-23(24-2)25-13-7-9-15-27-14-8-6-12-22(27)29/h3-6,8,10-12,14,19,21H,7,9,13,15-18H2,1-2H3,(H2,24,25,26). The summed E-state index contributed by atoms with van der Waals surface area (Å²) in [6, 6.07) is 16.9. The Labute approximate surface area is 173 Å². The molecule has 0 spiro atoms. The lowest BCUT2D eigenvalue weighted by atomic mass is 10.2. The monoisotopic (exact) mass is 395 g/mol. The molecule has 29 heavy (non-hydrogen) atoms. The Morgan fingerprint density at radius 2 is 1.93 bits per heavy atom. The Bertz CT molecular complexity index is 832. The van der Waals surface area contributed by atoms with Crippen LogP contribution in [-0.4, -0.2) is 47.6 Å². The Hall–Kier alpha value is -2.60. The minimum absolute atomic E-state index is 0.0633. The van der Waals surface area contributed by atoms with Crippen LogP contribution in [0.1, 0.15) is 31.7 Å². The summed E-state index contributed by atoms with van der Waals surface area (Å²) in [6.07, 6.45) is 4.91. The molecule has 0 bridgehead atoms. The number of nitrogens with one attached hydrogen (secondary N) is 2. The number of guanidine groups is 1. The number of pyridine rings is 1. The number of aliphatic imine (C=N–C) groups is 1. The number of hydrogen-bond donors (Lipinski definition) is 2. The molecule has 0 aliphatic carbocycles. The van der Waals surface area contributed by atoms with Gasteiger partial charge in [-0.15, -0.1) is 0 Å². The van der Waals surface area contributed by atoms with Gasteiger partial charge in [0.25, 0.3) is 0 Å². The van der Waals surface area contributed by atoms with E-state index < -0.39 is 0 Å². The third-order valence-electron chi connectivity index (χ3n) is 5.51. The first-order valence-electron chi connectivity index (χ1n) is 10.6. The van der Waals surface area contributed by atoms with Crippen molar-refractivity contribution in [2.75, 3.05) is 20.1 Å². The largest absolute Gasteiger partial charge is 0.356 e. The molecular formula is C23H33N5O. The molecule has 2 atom stereocenters. The van der Waals surface area contributed by atoms with E-state index in [0.717, 1.165) is 51.4 Å². The van der Waals surface area contributed by atoms with Crippen molar-refractivity contribution in [2.24, 2.45) is 4.99 Å². The second kappa shape index (κ2) is 10.8. The molecule has 156 valence electrons. The number of aromatic nitrogens is 1. The average Bonchev–Trinajstić information content (AvgIpc) is 3.07. The fourth-order valence-corrected chi connectivity index (χ4v) is 3.89. The molecule has 3 rings (SSSR count). The fourth-order valence-electron chi connectivity index (χ4n) is 3.89. The first-order chi connectivity index (χ1) is 14.2. The highest BCUT2D eigenvalue weighted by molar-refractivity contribution is 5.80. The zero-order valence-corrected chi connectivity index (χ0v) is 17.6. The Balaban J connectivity index is 1.37. The summed E-state index contributed by atoms with van der Waals surface area (Å²) in [5.74, 6) is 0.862. The SMILES string of the molecule is CN=C(NCCCCn1ccccc1=O)NC1CC(C)N(Cc2ccccc2)C1. The lowest BCUT2D eigenvalue weighted by Crippen LogP contribution is -2.44. The van der Waals surface area contributed by atoms with Crippen molar-refractivity contribution >= 4 is 5.96 Å². The second-order valence-corrected chi connectivity index (χ2v) is 7.78. The van der Waals surface area contributed by atoms with Gasteiger partial charge in [0.15, 0.2) is 5.96 Å². The maximum atomic E-state index is 11.7. The van der Waals surface area contributed by atoms with Gasteiger partial charge in [-0.05, 0) is 37.8 Å². The van der Waals surface area contributed by atoms with E-state index >= 15 is 0 Å². The molecule has 0 saturated carbocycles. The highest BCUT2D eigenvalue weighted by atomic mass is 16.1. The van der Waals surface area contributed by atoms with Gasteiger partial charge in [-0.2, -0.15) is 0 Å². The maximum absolute atomic E-state index is 11.7. The first kappa shape index (κ1) is 21.1. The summed E-state index contributed by atoms with van der Waals surface area (Å²) in [6.45, 7) is 5.91. The molecule has 0 amide bonds. The fraction of sp³-hybridized carbons (Fsp3) is 0.478. The van der Waals surface area contributed by atoms with E-state index in [1.165, 1.54) is 5.56 Å². The molecule has 2 unspecified atom stereocenters. The molecule has 1 aliphatic rings. The van der Waals surface area contributed by atoms with Crippen molar-refractivity contribution in [3.05, 3.63) is 70.6 Å². The average molecular weight is 396 g/mol. The number of nitrogens with zero attached hydrogens (tertiary/aromatic N) is 3. The number of hydrogen-bond acceptors (Lipinski definition) is 3. The predicted octanol–water partition coefficient (Wildman–Crippen LogP) is 2.46. The van der Waals surface area contributed by atoms with Crippen LogP contribution in [0.4, 0.5) is 0 Å². The Morgan fingerprint density at radius 1 is 1.14 bits per heavy atom. The van der Waals surface area contributed by atoms with E-state index in [4.69, 9.17) is 0 Å². The molecule has 1 aromatic heterocycles. The summed E-state index contributed by atoms with van der Waals surface area (Å²) < 4.78 is 1.76. The summed E-state index contributed by atoms with van der Waals surface area (Å²) in [5, 5.41) is 6.98. The predicted molar refractivity (Wildman–Crippen MR) is 119 cm³/mol. The normalized spacial score (nSPS) is 20.0. The van der Waals surface area contributed by atoms with E-state index in [0.29, 0.717) is 12.1 Å². The minimum Gasteiger partial charge on any atom is -0.356 e. The molecule has 1 aromatic carbocycles. The van der Waals surface area contributed by atoms with Gasteiger partial charge in [0, 0.05) is 57.6 Å². The van der Waals surface area contributed by atoms with Gasteiger partial charge in [-0.25, -0.2) is 0 Å². The number of rotatable bonds is 8. The van der Waals surface area contributed by atoms with E-state index in [1.54, 1.807) is 16.7 Å². The van der Waals surface area contributed by atoms with Crippen molar-refractivity contribution in [3.8, 4) is 0 Å². The van der Waals surface area contributed by atoms with Crippen LogP contribution < -0.4 is 16.2 Å². The molecule has 6 heteroatoms. The highest BCUT2D eigenvalue weighted by Crippen LogP contribution is 2.20. The zero-order valence-electron chi connectivity index (χ0n) is 17.6. The van der Waals surface area contributed by atoms with Crippen LogP contribution in [0.3, 0.4) is 0 Å². The van der Waals surface area contributed by atoms with E-state index in [2.05, 4.69) is 57.8 Å². The Morgan fingerprint density at radius 3 is 2.69 bits per heavy atom. The molecule has 2 heterocycles. The minimum atomic E-state index is 0.0633. The lowest BCUT2D eigenvalue weighted by molar-refractivity contribution is 0.258. The molecule has 1 fully saturated rings. The maximum Gasteiger partial charge on any atom is 0.250 e. The summed E-state index contributed by atoms with van der Waals surface area (Å²) in [4.78, 5) is 18.6. The van der Waals surface area contributed by atoms with Crippen molar-refractivity contribution in [3.63, 3.8) is 0 Å². The van der Waals surface area contributed by atoms with Gasteiger partial charge in [-0.1, -0.05) is 36.4 Å². The number of likely N-dealkylation sites (tertiary alicyclic amines) is 1. The van der Waals surface area contributed by atoms with Crippen LogP contribution in [-0.2, 0) is 13.1 Å². The van der Waals surface area contributed by atoms with Crippen molar-refractivity contribution in [2.45, 2.75) is 51.4 Å². The first-order valence-corrected chi connectivity index (χ1v) is 10.6. The van der Waals surface area contributed by atoms with Crippen LogP contribution >= 0.6 is 0 Å². The summed E-state index contributed by atoms with van der Waals surface area (Å²) in [7, 11) is 1.82. The van der Waals surface area contributed by atoms with Crippen LogP contribution in [0.25, 0.3) is 0 Å². The highest BCUT2D eigenvalue weighted by Gasteiger charge is 2.29. The molecule has 1 saturated heterocycles. The number of benzene rings is 1. The molecule has 2 N–H and O–H groups in total. The summed E-state index contributed by atoms with van der Waals surface area (Å²) >= 11 is 0. The van der Waals surface area contributed by atoms with Crippen LogP contribution in [0.5, 0.6) is 0 Å². The van der Waals surface area contributed by atoms with Gasteiger partial charge in [0.2, 0.25) is 5.56 Å². The van der Waals surface area contributed by atoms with E-state index in [-0.39, 0.29) is 5.56 Å².